The van der Waals surface area contributed by atoms with Gasteiger partial charge in [-0.1, -0.05) is 47.7 Å². The number of carbonyl (C=O) groups is 1. The van der Waals surface area contributed by atoms with E-state index < -0.39 is 0 Å². The smallest absolute Gasteiger partial charge is 0.225 e. The van der Waals surface area contributed by atoms with Gasteiger partial charge < -0.3 is 5.32 Å². The maximum absolute atomic E-state index is 12.3. The molecule has 2 aromatic heterocycles. The number of nitrogens with one attached hydrogen (secondary N) is 1. The van der Waals surface area contributed by atoms with Crippen molar-refractivity contribution in [3.63, 3.8) is 0 Å². The summed E-state index contributed by atoms with van der Waals surface area (Å²) >= 11 is 1.55. The average molecular weight is 376 g/mol. The van der Waals surface area contributed by atoms with E-state index in [-0.39, 0.29) is 5.91 Å². The van der Waals surface area contributed by atoms with Crippen LogP contribution in [0.5, 0.6) is 0 Å². The number of anilines is 1. The van der Waals surface area contributed by atoms with Crippen molar-refractivity contribution in [3.8, 4) is 0 Å². The van der Waals surface area contributed by atoms with Crippen LogP contribution in [0.3, 0.4) is 0 Å². The predicted molar refractivity (Wildman–Crippen MR) is 110 cm³/mol. The van der Waals surface area contributed by atoms with Gasteiger partial charge in [-0.3, -0.25) is 9.20 Å². The van der Waals surface area contributed by atoms with Gasteiger partial charge in [-0.2, -0.15) is 0 Å². The topological polar surface area (TPSA) is 59.3 Å². The summed E-state index contributed by atoms with van der Waals surface area (Å²) in [5, 5.41) is 13.5. The highest BCUT2D eigenvalue weighted by Gasteiger charge is 2.11. The monoisotopic (exact) mass is 376 g/mol. The minimum atomic E-state index is 0.00753. The van der Waals surface area contributed by atoms with Gasteiger partial charge in [-0.15, -0.1) is 10.2 Å². The van der Waals surface area contributed by atoms with Crippen LogP contribution in [0.25, 0.3) is 16.6 Å². The van der Waals surface area contributed by atoms with Gasteiger partial charge >= 0.3 is 0 Å². The van der Waals surface area contributed by atoms with Gasteiger partial charge in [-0.05, 0) is 49.1 Å². The number of carbonyl (C=O) groups excluding carboxylic acids is 1. The molecule has 0 aliphatic carbocycles. The summed E-state index contributed by atoms with van der Waals surface area (Å²) in [5.74, 6) is 0.647. The van der Waals surface area contributed by atoms with Gasteiger partial charge in [-0.25, -0.2) is 0 Å². The predicted octanol–water partition coefficient (Wildman–Crippen LogP) is 4.62. The summed E-state index contributed by atoms with van der Waals surface area (Å²) in [6.07, 6.45) is 0.414. The van der Waals surface area contributed by atoms with Crippen LogP contribution in [-0.2, 0) is 4.79 Å². The largest absolute Gasteiger partial charge is 0.326 e. The van der Waals surface area contributed by atoms with Crippen molar-refractivity contribution in [1.29, 1.82) is 0 Å². The molecule has 0 saturated carbocycles. The minimum absolute atomic E-state index is 0.00753. The van der Waals surface area contributed by atoms with Gasteiger partial charge in [0.2, 0.25) is 5.91 Å². The fourth-order valence-corrected chi connectivity index (χ4v) is 4.00. The van der Waals surface area contributed by atoms with Crippen molar-refractivity contribution in [2.45, 2.75) is 25.4 Å². The molecular formula is C21H20N4OS. The van der Waals surface area contributed by atoms with Crippen LogP contribution in [0.1, 0.15) is 17.5 Å². The third-order valence-corrected chi connectivity index (χ3v) is 5.39. The number of amides is 1. The Morgan fingerprint density at radius 2 is 1.93 bits per heavy atom. The van der Waals surface area contributed by atoms with E-state index in [1.54, 1.807) is 11.8 Å². The van der Waals surface area contributed by atoms with E-state index >= 15 is 0 Å². The third-order valence-electron chi connectivity index (χ3n) is 4.46. The van der Waals surface area contributed by atoms with Crippen molar-refractivity contribution in [2.24, 2.45) is 0 Å². The zero-order valence-electron chi connectivity index (χ0n) is 15.3. The van der Waals surface area contributed by atoms with Crippen LogP contribution in [-0.4, -0.2) is 26.3 Å². The Morgan fingerprint density at radius 1 is 1.07 bits per heavy atom. The fraction of sp³-hybridized carbons (Fsp3) is 0.190. The summed E-state index contributed by atoms with van der Waals surface area (Å²) in [7, 11) is 0. The molecule has 0 aliphatic rings. The van der Waals surface area contributed by atoms with Crippen LogP contribution >= 0.6 is 11.8 Å². The number of nitrogens with zero attached hydrogens (tertiary/aromatic N) is 3. The van der Waals surface area contributed by atoms with Gasteiger partial charge in [0.25, 0.3) is 0 Å². The Hall–Kier alpha value is -2.86. The number of thioether (sulfide) groups is 1. The number of rotatable bonds is 5. The molecule has 27 heavy (non-hydrogen) atoms. The van der Waals surface area contributed by atoms with Crippen LogP contribution in [0, 0.1) is 13.8 Å². The molecule has 2 aromatic carbocycles. The standard InChI is InChI=1S/C21H20N4OS/c1-14-7-9-17(15(2)13-14)22-20(26)11-12-27-21-24-23-19-10-8-16-5-3-4-6-18(16)25(19)21/h3-10,13H,11-12H2,1-2H3,(H,22,26). The van der Waals surface area contributed by atoms with Crippen LogP contribution in [0.15, 0.2) is 59.8 Å². The molecular weight excluding hydrogens is 356 g/mol. The van der Waals surface area contributed by atoms with Gasteiger partial charge in [0, 0.05) is 17.9 Å². The van der Waals surface area contributed by atoms with E-state index in [1.165, 1.54) is 5.56 Å². The first-order valence-electron chi connectivity index (χ1n) is 8.84. The second kappa shape index (κ2) is 7.40. The lowest BCUT2D eigenvalue weighted by Crippen LogP contribution is -2.13. The number of benzene rings is 2. The highest BCUT2D eigenvalue weighted by atomic mass is 32.2. The molecule has 0 aliphatic heterocycles. The number of aromatic nitrogens is 3. The lowest BCUT2D eigenvalue weighted by atomic mass is 10.1. The molecule has 2 heterocycles. The van der Waals surface area contributed by atoms with E-state index in [0.717, 1.165) is 33.0 Å². The van der Waals surface area contributed by atoms with Gasteiger partial charge in [0.05, 0.1) is 5.52 Å². The number of fused-ring (bicyclic) bond motifs is 3. The molecule has 0 fully saturated rings. The lowest BCUT2D eigenvalue weighted by molar-refractivity contribution is -0.115. The first-order valence-corrected chi connectivity index (χ1v) is 9.83. The van der Waals surface area contributed by atoms with Crippen LogP contribution in [0.4, 0.5) is 5.69 Å². The summed E-state index contributed by atoms with van der Waals surface area (Å²) in [6, 6.07) is 18.2. The van der Waals surface area contributed by atoms with Crippen molar-refractivity contribution in [1.82, 2.24) is 14.6 Å². The van der Waals surface area contributed by atoms with Crippen molar-refractivity contribution >= 4 is 39.9 Å². The molecule has 136 valence electrons. The first-order chi connectivity index (χ1) is 13.1. The Kier molecular flexibility index (Phi) is 4.81. The molecule has 0 spiro atoms. The summed E-state index contributed by atoms with van der Waals surface area (Å²) in [6.45, 7) is 4.05. The summed E-state index contributed by atoms with van der Waals surface area (Å²) in [5.41, 5.74) is 5.02. The number of para-hydroxylation sites is 1. The molecule has 5 nitrogen and oxygen atoms in total. The second-order valence-electron chi connectivity index (χ2n) is 6.53. The maximum atomic E-state index is 12.3. The lowest BCUT2D eigenvalue weighted by Gasteiger charge is -2.09. The Balaban J connectivity index is 1.45. The highest BCUT2D eigenvalue weighted by molar-refractivity contribution is 7.99. The minimum Gasteiger partial charge on any atom is -0.326 e. The third kappa shape index (κ3) is 3.66. The molecule has 4 rings (SSSR count). The summed E-state index contributed by atoms with van der Waals surface area (Å²) in [4.78, 5) is 12.3. The Bertz CT molecular complexity index is 1140. The van der Waals surface area contributed by atoms with Crippen LogP contribution in [0.2, 0.25) is 0 Å². The Labute approximate surface area is 161 Å². The molecule has 1 amide bonds. The normalized spacial score (nSPS) is 11.2. The van der Waals surface area contributed by atoms with E-state index in [9.17, 15) is 4.79 Å². The molecule has 0 unspecified atom stereocenters. The highest BCUT2D eigenvalue weighted by Crippen LogP contribution is 2.24. The Morgan fingerprint density at radius 3 is 2.78 bits per heavy atom. The maximum Gasteiger partial charge on any atom is 0.225 e. The number of pyridine rings is 1. The van der Waals surface area contributed by atoms with Crippen molar-refractivity contribution in [2.75, 3.05) is 11.1 Å². The molecule has 0 radical (unpaired) electrons. The zero-order chi connectivity index (χ0) is 18.8. The molecule has 4 aromatic rings. The van der Waals surface area contributed by atoms with Crippen molar-refractivity contribution < 1.29 is 4.79 Å². The van der Waals surface area contributed by atoms with E-state index in [1.807, 2.05) is 54.6 Å². The second-order valence-corrected chi connectivity index (χ2v) is 7.60. The molecule has 0 atom stereocenters. The molecule has 0 bridgehead atoms. The fourth-order valence-electron chi connectivity index (χ4n) is 3.11. The number of aryl methyl sites for hydroxylation is 2. The average Bonchev–Trinajstić information content (AvgIpc) is 3.08. The van der Waals surface area contributed by atoms with E-state index in [0.29, 0.717) is 12.2 Å². The molecule has 1 N–H and O–H groups in total. The number of hydrogen-bond acceptors (Lipinski definition) is 4. The zero-order valence-corrected chi connectivity index (χ0v) is 16.1. The number of hydrogen-bond donors (Lipinski definition) is 1. The quantitative estimate of drug-likeness (QED) is 0.516. The molecule has 0 saturated heterocycles. The van der Waals surface area contributed by atoms with Gasteiger partial charge in [0.1, 0.15) is 0 Å². The van der Waals surface area contributed by atoms with E-state index in [2.05, 4.69) is 33.7 Å². The first kappa shape index (κ1) is 17.5. The summed E-state index contributed by atoms with van der Waals surface area (Å²) < 4.78 is 2.04. The van der Waals surface area contributed by atoms with E-state index in [4.69, 9.17) is 0 Å². The SMILES string of the molecule is Cc1ccc(NC(=O)CCSc2nnc3ccc4ccccc4n23)c(C)c1. The van der Waals surface area contributed by atoms with Crippen LogP contribution < -0.4 is 5.32 Å². The van der Waals surface area contributed by atoms with Gasteiger partial charge in [0.15, 0.2) is 10.8 Å². The molecule has 6 heteroatoms. The van der Waals surface area contributed by atoms with Crippen molar-refractivity contribution in [3.05, 3.63) is 65.7 Å².